The van der Waals surface area contributed by atoms with Gasteiger partial charge in [0, 0.05) is 29.1 Å². The normalized spacial score (nSPS) is 15.2. The van der Waals surface area contributed by atoms with E-state index in [-0.39, 0.29) is 12.1 Å². The lowest BCUT2D eigenvalue weighted by atomic mass is 9.94. The molecule has 0 radical (unpaired) electrons. The van der Waals surface area contributed by atoms with Crippen LogP contribution < -0.4 is 4.74 Å². The van der Waals surface area contributed by atoms with Crippen molar-refractivity contribution in [2.24, 2.45) is 0 Å². The van der Waals surface area contributed by atoms with Crippen molar-refractivity contribution < 1.29 is 14.3 Å². The zero-order chi connectivity index (χ0) is 25.4. The molecule has 0 aliphatic carbocycles. The average molecular weight is 495 g/mol. The molecule has 36 heavy (non-hydrogen) atoms. The minimum atomic E-state index is -0.551. The Kier molecular flexibility index (Phi) is 6.00. The topological polar surface area (TPSA) is 88.2 Å². The SMILES string of the molecule is CCN1C(=O)C(C#N)=C(C)/C(=C/c2cc3sc(-c4ccc(OC)cc4)nc3n2-c2ccccc2)C1=O. The third kappa shape index (κ3) is 3.80. The highest BCUT2D eigenvalue weighted by atomic mass is 32.1. The lowest BCUT2D eigenvalue weighted by Crippen LogP contribution is -2.42. The van der Waals surface area contributed by atoms with Crippen LogP contribution >= 0.6 is 11.3 Å². The summed E-state index contributed by atoms with van der Waals surface area (Å²) in [5.74, 6) is -0.181. The zero-order valence-electron chi connectivity index (χ0n) is 20.0. The van der Waals surface area contributed by atoms with Crippen LogP contribution in [-0.2, 0) is 9.59 Å². The van der Waals surface area contributed by atoms with Gasteiger partial charge in [0.15, 0.2) is 5.65 Å². The van der Waals surface area contributed by atoms with E-state index >= 15 is 0 Å². The zero-order valence-corrected chi connectivity index (χ0v) is 20.8. The van der Waals surface area contributed by atoms with Crippen LogP contribution in [0.2, 0.25) is 0 Å². The van der Waals surface area contributed by atoms with Crippen LogP contribution in [-0.4, -0.2) is 39.9 Å². The molecule has 0 atom stereocenters. The van der Waals surface area contributed by atoms with E-state index in [4.69, 9.17) is 9.72 Å². The maximum absolute atomic E-state index is 13.2. The van der Waals surface area contributed by atoms with Gasteiger partial charge in [-0.1, -0.05) is 18.2 Å². The van der Waals surface area contributed by atoms with E-state index in [1.807, 2.05) is 71.3 Å². The quantitative estimate of drug-likeness (QED) is 0.275. The monoisotopic (exact) mass is 494 g/mol. The summed E-state index contributed by atoms with van der Waals surface area (Å²) < 4.78 is 8.21. The van der Waals surface area contributed by atoms with Gasteiger partial charge in [-0.3, -0.25) is 19.1 Å². The van der Waals surface area contributed by atoms with Crippen LogP contribution in [0.1, 0.15) is 19.5 Å². The molecule has 4 aromatic rings. The van der Waals surface area contributed by atoms with Gasteiger partial charge >= 0.3 is 0 Å². The van der Waals surface area contributed by atoms with Crippen molar-refractivity contribution in [1.82, 2.24) is 14.5 Å². The van der Waals surface area contributed by atoms with Gasteiger partial charge in [-0.15, -0.1) is 11.3 Å². The Morgan fingerprint density at radius 3 is 2.44 bits per heavy atom. The molecule has 7 nitrogen and oxygen atoms in total. The number of hydrogen-bond donors (Lipinski definition) is 0. The number of carbonyl (C=O) groups is 2. The van der Waals surface area contributed by atoms with Crippen molar-refractivity contribution >= 4 is 39.6 Å². The predicted octanol–water partition coefficient (Wildman–Crippen LogP) is 5.37. The number of likely N-dealkylation sites (N-methyl/N-ethyl adjacent to an activating group) is 1. The van der Waals surface area contributed by atoms with Gasteiger partial charge in [-0.2, -0.15) is 5.26 Å². The Balaban J connectivity index is 1.71. The first kappa shape index (κ1) is 23.3. The van der Waals surface area contributed by atoms with Gasteiger partial charge in [0.2, 0.25) is 0 Å². The van der Waals surface area contributed by atoms with E-state index in [9.17, 15) is 14.9 Å². The van der Waals surface area contributed by atoms with Gasteiger partial charge in [0.25, 0.3) is 11.8 Å². The van der Waals surface area contributed by atoms with Crippen LogP contribution in [0, 0.1) is 11.3 Å². The maximum atomic E-state index is 13.2. The second kappa shape index (κ2) is 9.29. The fraction of sp³-hybridized carbons (Fsp3) is 0.143. The molecule has 2 amide bonds. The first-order valence-electron chi connectivity index (χ1n) is 11.4. The van der Waals surface area contributed by atoms with Crippen LogP contribution in [0.3, 0.4) is 0 Å². The highest BCUT2D eigenvalue weighted by Crippen LogP contribution is 2.36. The number of nitrogens with zero attached hydrogens (tertiary/aromatic N) is 4. The average Bonchev–Trinajstić information content (AvgIpc) is 3.45. The number of carbonyl (C=O) groups excluding carboxylic acids is 2. The lowest BCUT2D eigenvalue weighted by Gasteiger charge is -2.26. The van der Waals surface area contributed by atoms with E-state index in [1.165, 1.54) is 0 Å². The lowest BCUT2D eigenvalue weighted by molar-refractivity contribution is -0.140. The van der Waals surface area contributed by atoms with E-state index in [2.05, 4.69) is 0 Å². The minimum absolute atomic E-state index is 0.0118. The number of aromatic nitrogens is 2. The number of hydrogen-bond acceptors (Lipinski definition) is 6. The van der Waals surface area contributed by atoms with Gasteiger partial charge in [-0.25, -0.2) is 4.98 Å². The Morgan fingerprint density at radius 2 is 1.81 bits per heavy atom. The van der Waals surface area contributed by atoms with Crippen molar-refractivity contribution in [3.8, 4) is 28.1 Å². The maximum Gasteiger partial charge on any atom is 0.271 e. The molecule has 178 valence electrons. The second-order valence-electron chi connectivity index (χ2n) is 8.20. The number of thiazole rings is 1. The number of rotatable bonds is 5. The third-order valence-corrected chi connectivity index (χ3v) is 7.21. The number of nitriles is 1. The van der Waals surface area contributed by atoms with Crippen LogP contribution in [0.4, 0.5) is 0 Å². The Bertz CT molecular complexity index is 1600. The van der Waals surface area contributed by atoms with Gasteiger partial charge in [0.1, 0.15) is 22.4 Å². The molecule has 8 heteroatoms. The second-order valence-corrected chi connectivity index (χ2v) is 9.23. The molecule has 2 aromatic heterocycles. The molecule has 0 saturated carbocycles. The summed E-state index contributed by atoms with van der Waals surface area (Å²) in [5.41, 5.74) is 4.06. The molecule has 0 fully saturated rings. The fourth-order valence-electron chi connectivity index (χ4n) is 4.28. The van der Waals surface area contributed by atoms with Crippen molar-refractivity contribution in [3.63, 3.8) is 0 Å². The molecule has 0 bridgehead atoms. The first-order valence-corrected chi connectivity index (χ1v) is 12.2. The molecule has 1 aliphatic rings. The number of ether oxygens (including phenoxy) is 1. The predicted molar refractivity (Wildman–Crippen MR) is 140 cm³/mol. The molecule has 5 rings (SSSR count). The summed E-state index contributed by atoms with van der Waals surface area (Å²) in [4.78, 5) is 31.8. The van der Waals surface area contributed by atoms with Crippen molar-refractivity contribution in [2.45, 2.75) is 13.8 Å². The van der Waals surface area contributed by atoms with E-state index in [0.717, 1.165) is 42.9 Å². The fourth-order valence-corrected chi connectivity index (χ4v) is 5.28. The number of imide groups is 1. The van der Waals surface area contributed by atoms with Crippen molar-refractivity contribution in [1.29, 1.82) is 5.26 Å². The molecule has 0 N–H and O–H groups in total. The number of para-hydroxylation sites is 1. The van der Waals surface area contributed by atoms with Crippen LogP contribution in [0.15, 0.2) is 77.4 Å². The summed E-state index contributed by atoms with van der Waals surface area (Å²) in [6.07, 6.45) is 1.75. The number of amides is 2. The van der Waals surface area contributed by atoms with E-state index in [0.29, 0.717) is 11.1 Å². The summed E-state index contributed by atoms with van der Waals surface area (Å²) in [6.45, 7) is 3.55. The molecule has 3 heterocycles. The first-order chi connectivity index (χ1) is 17.5. The number of benzene rings is 2. The summed E-state index contributed by atoms with van der Waals surface area (Å²) >= 11 is 1.55. The van der Waals surface area contributed by atoms with Crippen LogP contribution in [0.5, 0.6) is 5.75 Å². The number of fused-ring (bicyclic) bond motifs is 1. The Labute approximate surface area is 212 Å². The summed E-state index contributed by atoms with van der Waals surface area (Å²) in [7, 11) is 1.63. The molecule has 0 saturated heterocycles. The Hall–Kier alpha value is -4.48. The Morgan fingerprint density at radius 1 is 1.08 bits per heavy atom. The highest BCUT2D eigenvalue weighted by Gasteiger charge is 2.34. The molecule has 0 spiro atoms. The van der Waals surface area contributed by atoms with E-state index < -0.39 is 11.8 Å². The van der Waals surface area contributed by atoms with E-state index in [1.54, 1.807) is 38.4 Å². The summed E-state index contributed by atoms with van der Waals surface area (Å²) in [5, 5.41) is 10.5. The molecule has 0 unspecified atom stereocenters. The number of methoxy groups -OCH3 is 1. The largest absolute Gasteiger partial charge is 0.497 e. The minimum Gasteiger partial charge on any atom is -0.497 e. The van der Waals surface area contributed by atoms with Gasteiger partial charge in [-0.05, 0) is 68.0 Å². The highest BCUT2D eigenvalue weighted by molar-refractivity contribution is 7.21. The van der Waals surface area contributed by atoms with Crippen LogP contribution in [0.25, 0.3) is 32.7 Å². The van der Waals surface area contributed by atoms with Crippen molar-refractivity contribution in [3.05, 3.63) is 83.1 Å². The van der Waals surface area contributed by atoms with Gasteiger partial charge < -0.3 is 4.74 Å². The molecular formula is C28H22N4O3S. The summed E-state index contributed by atoms with van der Waals surface area (Å²) in [6, 6.07) is 21.5. The smallest absolute Gasteiger partial charge is 0.271 e. The van der Waals surface area contributed by atoms with Crippen molar-refractivity contribution in [2.75, 3.05) is 13.7 Å². The molecular weight excluding hydrogens is 472 g/mol. The standard InChI is InChI=1S/C28H22N4O3S/c1-4-31-27(33)22(17(2)23(16-29)28(31)34)14-20-15-24-25(32(20)19-8-6-5-7-9-19)30-26(36-24)18-10-12-21(35-3)13-11-18/h5-15H,4H2,1-3H3/b22-14-. The van der Waals surface area contributed by atoms with Gasteiger partial charge in [0.05, 0.1) is 11.8 Å². The molecule has 2 aromatic carbocycles. The third-order valence-electron chi connectivity index (χ3n) is 6.17. The molecule has 1 aliphatic heterocycles.